The zero-order valence-electron chi connectivity index (χ0n) is 13.9. The van der Waals surface area contributed by atoms with Gasteiger partial charge in [0.25, 0.3) is 0 Å². The molecule has 1 aromatic rings. The number of nitrogens with zero attached hydrogens (tertiary/aromatic N) is 1. The normalized spacial score (nSPS) is 22.3. The maximum absolute atomic E-state index is 12.2. The van der Waals surface area contributed by atoms with E-state index >= 15 is 0 Å². The smallest absolute Gasteiger partial charge is 0.220 e. The van der Waals surface area contributed by atoms with Gasteiger partial charge < -0.3 is 10.1 Å². The minimum absolute atomic E-state index is 0.00730. The minimum atomic E-state index is -3.21. The lowest BCUT2D eigenvalue weighted by atomic mass is 10.0. The zero-order valence-corrected chi connectivity index (χ0v) is 14.7. The number of hydrogen-bond donors (Lipinski definition) is 1. The highest BCUT2D eigenvalue weighted by atomic mass is 32.2. The van der Waals surface area contributed by atoms with Crippen molar-refractivity contribution < 1.29 is 17.9 Å². The predicted molar refractivity (Wildman–Crippen MR) is 91.1 cm³/mol. The van der Waals surface area contributed by atoms with E-state index in [4.69, 9.17) is 4.74 Å². The summed E-state index contributed by atoms with van der Waals surface area (Å²) in [6.45, 7) is 1.40. The number of amides is 1. The van der Waals surface area contributed by atoms with Gasteiger partial charge in [0.2, 0.25) is 15.9 Å². The predicted octanol–water partition coefficient (Wildman–Crippen LogP) is 0.568. The molecule has 1 heterocycles. The largest absolute Gasteiger partial charge is 0.374 e. The summed E-state index contributed by atoms with van der Waals surface area (Å²) in [5, 5.41) is 2.89. The number of benzene rings is 1. The molecule has 1 aliphatic heterocycles. The topological polar surface area (TPSA) is 75.7 Å². The van der Waals surface area contributed by atoms with E-state index in [0.29, 0.717) is 38.6 Å². The van der Waals surface area contributed by atoms with Crippen LogP contribution in [0.3, 0.4) is 0 Å². The quantitative estimate of drug-likeness (QED) is 0.841. The van der Waals surface area contributed by atoms with Crippen molar-refractivity contribution in [2.24, 2.45) is 5.92 Å². The highest BCUT2D eigenvalue weighted by Crippen LogP contribution is 2.28. The molecule has 0 radical (unpaired) electrons. The maximum atomic E-state index is 12.2. The van der Waals surface area contributed by atoms with Crippen LogP contribution >= 0.6 is 0 Å². The molecule has 1 unspecified atom stereocenters. The Morgan fingerprint density at radius 1 is 1.29 bits per heavy atom. The van der Waals surface area contributed by atoms with E-state index in [1.54, 1.807) is 0 Å². The molecule has 24 heavy (non-hydrogen) atoms. The highest BCUT2D eigenvalue weighted by Gasteiger charge is 2.27. The molecule has 1 fully saturated rings. The first kappa shape index (κ1) is 17.4. The second-order valence-corrected chi connectivity index (χ2v) is 8.65. The second kappa shape index (κ2) is 7.21. The van der Waals surface area contributed by atoms with Crippen molar-refractivity contribution in [3.63, 3.8) is 0 Å². The van der Waals surface area contributed by atoms with Gasteiger partial charge in [-0.05, 0) is 29.9 Å². The molecule has 2 aliphatic rings. The molecule has 0 saturated carbocycles. The van der Waals surface area contributed by atoms with Crippen LogP contribution in [-0.4, -0.2) is 57.2 Å². The molecule has 1 aromatic carbocycles. The Labute approximate surface area is 143 Å². The van der Waals surface area contributed by atoms with Crippen molar-refractivity contribution in [3.05, 3.63) is 35.4 Å². The lowest BCUT2D eigenvalue weighted by Crippen LogP contribution is -2.49. The van der Waals surface area contributed by atoms with Gasteiger partial charge in [-0.2, -0.15) is 4.31 Å². The summed E-state index contributed by atoms with van der Waals surface area (Å²) < 4.78 is 30.1. The van der Waals surface area contributed by atoms with Gasteiger partial charge in [0.05, 0.1) is 19.0 Å². The fourth-order valence-corrected chi connectivity index (χ4v) is 4.32. The van der Waals surface area contributed by atoms with Gasteiger partial charge in [-0.1, -0.05) is 24.3 Å². The van der Waals surface area contributed by atoms with Gasteiger partial charge in [0, 0.05) is 26.1 Å². The molecule has 6 nitrogen and oxygen atoms in total. The lowest BCUT2D eigenvalue weighted by molar-refractivity contribution is -0.122. The Hall–Kier alpha value is -1.44. The van der Waals surface area contributed by atoms with Gasteiger partial charge in [0.15, 0.2) is 0 Å². The molecule has 132 valence electrons. The first-order valence-corrected chi connectivity index (χ1v) is 10.2. The fraction of sp³-hybridized carbons (Fsp3) is 0.588. The van der Waals surface area contributed by atoms with E-state index in [0.717, 1.165) is 12.8 Å². The SMILES string of the molecule is CS(=O)(=O)N1CCOC(CNC(=O)CC2Cc3ccccc3C2)C1. The summed E-state index contributed by atoms with van der Waals surface area (Å²) in [5.74, 6) is 0.357. The maximum Gasteiger partial charge on any atom is 0.220 e. The number of nitrogens with one attached hydrogen (secondary N) is 1. The van der Waals surface area contributed by atoms with Crippen LogP contribution in [-0.2, 0) is 32.4 Å². The molecule has 7 heteroatoms. The number of hydrogen-bond acceptors (Lipinski definition) is 4. The zero-order chi connectivity index (χ0) is 17.2. The summed E-state index contributed by atoms with van der Waals surface area (Å²) in [7, 11) is -3.21. The summed E-state index contributed by atoms with van der Waals surface area (Å²) in [6.07, 6.45) is 3.32. The molecule has 0 spiro atoms. The van der Waals surface area contributed by atoms with Crippen LogP contribution in [0.25, 0.3) is 0 Å². The number of sulfonamides is 1. The van der Waals surface area contributed by atoms with Gasteiger partial charge in [0.1, 0.15) is 0 Å². The van der Waals surface area contributed by atoms with Gasteiger partial charge in [-0.15, -0.1) is 0 Å². The Morgan fingerprint density at radius 2 is 1.96 bits per heavy atom. The van der Waals surface area contributed by atoms with Crippen molar-refractivity contribution in [3.8, 4) is 0 Å². The van der Waals surface area contributed by atoms with E-state index in [-0.39, 0.29) is 12.0 Å². The van der Waals surface area contributed by atoms with Crippen LogP contribution in [0.2, 0.25) is 0 Å². The van der Waals surface area contributed by atoms with E-state index in [2.05, 4.69) is 17.4 Å². The first-order valence-electron chi connectivity index (χ1n) is 8.32. The third-order valence-electron chi connectivity index (χ3n) is 4.71. The number of fused-ring (bicyclic) bond motifs is 1. The first-order chi connectivity index (χ1) is 11.4. The molecule has 0 aromatic heterocycles. The monoisotopic (exact) mass is 352 g/mol. The van der Waals surface area contributed by atoms with E-state index in [1.807, 2.05) is 12.1 Å². The average molecular weight is 352 g/mol. The summed E-state index contributed by atoms with van der Waals surface area (Å²) in [4.78, 5) is 12.2. The minimum Gasteiger partial charge on any atom is -0.374 e. The number of rotatable bonds is 5. The lowest BCUT2D eigenvalue weighted by Gasteiger charge is -2.31. The fourth-order valence-electron chi connectivity index (χ4n) is 3.47. The Bertz CT molecular complexity index is 679. The van der Waals surface area contributed by atoms with Crippen molar-refractivity contribution in [2.75, 3.05) is 32.5 Å². The van der Waals surface area contributed by atoms with Crippen molar-refractivity contribution >= 4 is 15.9 Å². The van der Waals surface area contributed by atoms with Crippen LogP contribution in [0.15, 0.2) is 24.3 Å². The van der Waals surface area contributed by atoms with Crippen LogP contribution in [0, 0.1) is 5.92 Å². The van der Waals surface area contributed by atoms with Crippen LogP contribution in [0.1, 0.15) is 17.5 Å². The highest BCUT2D eigenvalue weighted by molar-refractivity contribution is 7.88. The second-order valence-electron chi connectivity index (χ2n) is 6.66. The number of morpholine rings is 1. The van der Waals surface area contributed by atoms with Crippen molar-refractivity contribution in [1.29, 1.82) is 0 Å². The molecule has 1 aliphatic carbocycles. The Morgan fingerprint density at radius 3 is 2.58 bits per heavy atom. The van der Waals surface area contributed by atoms with E-state index < -0.39 is 10.0 Å². The Balaban J connectivity index is 1.43. The van der Waals surface area contributed by atoms with Gasteiger partial charge in [-0.25, -0.2) is 8.42 Å². The van der Waals surface area contributed by atoms with Crippen LogP contribution in [0.5, 0.6) is 0 Å². The molecule has 3 rings (SSSR count). The van der Waals surface area contributed by atoms with Crippen molar-refractivity contribution in [2.45, 2.75) is 25.4 Å². The molecular weight excluding hydrogens is 328 g/mol. The van der Waals surface area contributed by atoms with Gasteiger partial charge >= 0.3 is 0 Å². The van der Waals surface area contributed by atoms with Crippen LogP contribution in [0.4, 0.5) is 0 Å². The summed E-state index contributed by atoms with van der Waals surface area (Å²) in [5.41, 5.74) is 2.68. The standard InChI is InChI=1S/C17H24N2O4S/c1-24(21,22)19-6-7-23-16(12-19)11-18-17(20)10-13-8-14-4-2-3-5-15(14)9-13/h2-5,13,16H,6-12H2,1H3,(H,18,20). The summed E-state index contributed by atoms with van der Waals surface area (Å²) >= 11 is 0. The number of carbonyl (C=O) groups excluding carboxylic acids is 1. The molecule has 0 bridgehead atoms. The number of ether oxygens (including phenoxy) is 1. The van der Waals surface area contributed by atoms with Crippen molar-refractivity contribution in [1.82, 2.24) is 9.62 Å². The van der Waals surface area contributed by atoms with Crippen LogP contribution < -0.4 is 5.32 Å². The molecule has 1 saturated heterocycles. The van der Waals surface area contributed by atoms with Gasteiger partial charge in [-0.3, -0.25) is 4.79 Å². The molecular formula is C17H24N2O4S. The summed E-state index contributed by atoms with van der Waals surface area (Å²) in [6, 6.07) is 8.33. The molecule has 1 atom stereocenters. The average Bonchev–Trinajstić information content (AvgIpc) is 2.94. The molecule has 1 amide bonds. The Kier molecular flexibility index (Phi) is 5.22. The van der Waals surface area contributed by atoms with E-state index in [1.165, 1.54) is 21.7 Å². The third kappa shape index (κ3) is 4.34. The number of carbonyl (C=O) groups is 1. The van der Waals surface area contributed by atoms with E-state index in [9.17, 15) is 13.2 Å². The molecule has 1 N–H and O–H groups in total. The third-order valence-corrected chi connectivity index (χ3v) is 5.98.